The Kier molecular flexibility index (Phi) is 3.48. The average molecular weight is 227 g/mol. The molecule has 0 aliphatic heterocycles. The van der Waals surface area contributed by atoms with E-state index in [9.17, 15) is 9.59 Å². The van der Waals surface area contributed by atoms with Gasteiger partial charge in [0.05, 0.1) is 5.56 Å². The van der Waals surface area contributed by atoms with Crippen molar-refractivity contribution < 1.29 is 14.7 Å². The van der Waals surface area contributed by atoms with Crippen LogP contribution in [0.4, 0.5) is 0 Å². The van der Waals surface area contributed by atoms with Gasteiger partial charge in [0.2, 0.25) is 0 Å². The first-order valence-electron chi connectivity index (χ1n) is 4.42. The molecule has 0 saturated heterocycles. The summed E-state index contributed by atoms with van der Waals surface area (Å²) in [7, 11) is 0. The van der Waals surface area contributed by atoms with Crippen LogP contribution in [0.5, 0.6) is 0 Å². The SMILES string of the molecule is CC(=O)C(Cl)c1ccc(C(=O)O)c(C)c1. The standard InChI is InChI=1S/C11H11ClO3/c1-6-5-8(10(12)7(2)13)3-4-9(6)11(14)15/h3-5,10H,1-2H3,(H,14,15). The first kappa shape index (κ1) is 11.7. The second-order valence-electron chi connectivity index (χ2n) is 3.35. The van der Waals surface area contributed by atoms with Gasteiger partial charge in [0.15, 0.2) is 5.78 Å². The van der Waals surface area contributed by atoms with E-state index in [4.69, 9.17) is 16.7 Å². The molecule has 1 N–H and O–H groups in total. The van der Waals surface area contributed by atoms with Crippen molar-refractivity contribution in [2.24, 2.45) is 0 Å². The molecule has 0 saturated carbocycles. The number of aryl methyl sites for hydroxylation is 1. The van der Waals surface area contributed by atoms with E-state index in [1.807, 2.05) is 0 Å². The molecule has 0 aliphatic rings. The van der Waals surface area contributed by atoms with Crippen LogP contribution in [-0.4, -0.2) is 16.9 Å². The molecule has 15 heavy (non-hydrogen) atoms. The molecule has 0 aromatic heterocycles. The molecular weight excluding hydrogens is 216 g/mol. The molecule has 0 bridgehead atoms. The largest absolute Gasteiger partial charge is 0.478 e. The predicted octanol–water partition coefficient (Wildman–Crippen LogP) is 2.56. The number of carboxylic acid groups (broad SMARTS) is 1. The second kappa shape index (κ2) is 4.45. The van der Waals surface area contributed by atoms with E-state index in [1.165, 1.54) is 13.0 Å². The second-order valence-corrected chi connectivity index (χ2v) is 3.79. The van der Waals surface area contributed by atoms with Gasteiger partial charge >= 0.3 is 5.97 Å². The van der Waals surface area contributed by atoms with Crippen molar-refractivity contribution in [1.29, 1.82) is 0 Å². The lowest BCUT2D eigenvalue weighted by Gasteiger charge is -2.08. The summed E-state index contributed by atoms with van der Waals surface area (Å²) in [6.07, 6.45) is 0. The number of hydrogen-bond acceptors (Lipinski definition) is 2. The van der Waals surface area contributed by atoms with Crippen LogP contribution in [0, 0.1) is 6.92 Å². The van der Waals surface area contributed by atoms with Crippen molar-refractivity contribution in [3.8, 4) is 0 Å². The van der Waals surface area contributed by atoms with Crippen molar-refractivity contribution in [2.75, 3.05) is 0 Å². The van der Waals surface area contributed by atoms with E-state index in [1.54, 1.807) is 19.1 Å². The number of alkyl halides is 1. The minimum Gasteiger partial charge on any atom is -0.478 e. The van der Waals surface area contributed by atoms with Gasteiger partial charge in [0, 0.05) is 0 Å². The third-order valence-corrected chi connectivity index (χ3v) is 2.69. The number of carboxylic acids is 1. The molecule has 0 fully saturated rings. The van der Waals surface area contributed by atoms with Crippen molar-refractivity contribution in [2.45, 2.75) is 19.2 Å². The number of halogens is 1. The van der Waals surface area contributed by atoms with Crippen LogP contribution in [0.15, 0.2) is 18.2 Å². The fraction of sp³-hybridized carbons (Fsp3) is 0.273. The lowest BCUT2D eigenvalue weighted by molar-refractivity contribution is -0.116. The highest BCUT2D eigenvalue weighted by Gasteiger charge is 2.15. The van der Waals surface area contributed by atoms with Crippen LogP contribution in [0.3, 0.4) is 0 Å². The molecule has 0 amide bonds. The smallest absolute Gasteiger partial charge is 0.335 e. The average Bonchev–Trinajstić information content (AvgIpc) is 2.15. The number of Topliss-reactive ketones (excluding diaryl/α,β-unsaturated/α-hetero) is 1. The van der Waals surface area contributed by atoms with Gasteiger partial charge in [-0.2, -0.15) is 0 Å². The summed E-state index contributed by atoms with van der Waals surface area (Å²) in [4.78, 5) is 21.8. The van der Waals surface area contributed by atoms with Crippen LogP contribution in [0.1, 0.15) is 33.8 Å². The summed E-state index contributed by atoms with van der Waals surface area (Å²) in [6, 6.07) is 4.66. The van der Waals surface area contributed by atoms with Gasteiger partial charge in [-0.25, -0.2) is 4.79 Å². The monoisotopic (exact) mass is 226 g/mol. The van der Waals surface area contributed by atoms with Crippen molar-refractivity contribution in [3.05, 3.63) is 34.9 Å². The summed E-state index contributed by atoms with van der Waals surface area (Å²) in [6.45, 7) is 3.08. The van der Waals surface area contributed by atoms with Gasteiger partial charge in [-0.3, -0.25) is 4.79 Å². The van der Waals surface area contributed by atoms with E-state index in [-0.39, 0.29) is 11.3 Å². The van der Waals surface area contributed by atoms with Gasteiger partial charge in [-0.15, -0.1) is 11.6 Å². The van der Waals surface area contributed by atoms with Gasteiger partial charge in [-0.1, -0.05) is 12.1 Å². The Morgan fingerprint density at radius 1 is 1.40 bits per heavy atom. The quantitative estimate of drug-likeness (QED) is 0.806. The van der Waals surface area contributed by atoms with Crippen LogP contribution >= 0.6 is 11.6 Å². The molecule has 1 aromatic rings. The zero-order chi connectivity index (χ0) is 11.6. The Morgan fingerprint density at radius 3 is 2.40 bits per heavy atom. The summed E-state index contributed by atoms with van der Waals surface area (Å²) >= 11 is 5.85. The van der Waals surface area contributed by atoms with Crippen LogP contribution in [0.25, 0.3) is 0 Å². The van der Waals surface area contributed by atoms with Crippen molar-refractivity contribution in [3.63, 3.8) is 0 Å². The Hall–Kier alpha value is -1.35. The molecule has 1 unspecified atom stereocenters. The van der Waals surface area contributed by atoms with Crippen LogP contribution in [-0.2, 0) is 4.79 Å². The van der Waals surface area contributed by atoms with E-state index >= 15 is 0 Å². The molecule has 0 radical (unpaired) electrons. The molecule has 0 aliphatic carbocycles. The topological polar surface area (TPSA) is 54.4 Å². The Bertz CT molecular complexity index is 412. The van der Waals surface area contributed by atoms with Crippen molar-refractivity contribution >= 4 is 23.4 Å². The Morgan fingerprint density at radius 2 is 2.00 bits per heavy atom. The van der Waals surface area contributed by atoms with Crippen LogP contribution in [0.2, 0.25) is 0 Å². The molecule has 4 heteroatoms. The zero-order valence-electron chi connectivity index (χ0n) is 8.45. The highest BCUT2D eigenvalue weighted by atomic mass is 35.5. The highest BCUT2D eigenvalue weighted by Crippen LogP contribution is 2.23. The maximum Gasteiger partial charge on any atom is 0.335 e. The summed E-state index contributed by atoms with van der Waals surface area (Å²) in [5.41, 5.74) is 1.46. The maximum absolute atomic E-state index is 11.0. The molecule has 1 rings (SSSR count). The molecular formula is C11H11ClO3. The van der Waals surface area contributed by atoms with Crippen LogP contribution < -0.4 is 0 Å². The number of benzene rings is 1. The predicted molar refractivity (Wildman–Crippen MR) is 57.4 cm³/mol. The van der Waals surface area contributed by atoms with Gasteiger partial charge in [0.25, 0.3) is 0 Å². The molecule has 0 heterocycles. The third-order valence-electron chi connectivity index (χ3n) is 2.13. The molecule has 0 spiro atoms. The van der Waals surface area contributed by atoms with E-state index < -0.39 is 11.3 Å². The number of rotatable bonds is 3. The Balaban J connectivity index is 3.12. The fourth-order valence-corrected chi connectivity index (χ4v) is 1.45. The zero-order valence-corrected chi connectivity index (χ0v) is 9.21. The van der Waals surface area contributed by atoms with E-state index in [0.717, 1.165) is 0 Å². The molecule has 1 atom stereocenters. The summed E-state index contributed by atoms with van der Waals surface area (Å²) < 4.78 is 0. The van der Waals surface area contributed by atoms with E-state index in [2.05, 4.69) is 0 Å². The third kappa shape index (κ3) is 2.57. The minimum atomic E-state index is -0.979. The lowest BCUT2D eigenvalue weighted by atomic mass is 10.0. The Labute approximate surface area is 92.7 Å². The minimum absolute atomic E-state index is 0.154. The van der Waals surface area contributed by atoms with Crippen molar-refractivity contribution in [1.82, 2.24) is 0 Å². The van der Waals surface area contributed by atoms with E-state index in [0.29, 0.717) is 11.1 Å². The first-order valence-corrected chi connectivity index (χ1v) is 4.85. The molecule has 80 valence electrons. The number of aromatic carboxylic acids is 1. The fourth-order valence-electron chi connectivity index (χ4n) is 1.32. The number of ketones is 1. The highest BCUT2D eigenvalue weighted by molar-refractivity contribution is 6.30. The summed E-state index contributed by atoms with van der Waals surface area (Å²) in [5.74, 6) is -1.13. The number of carbonyl (C=O) groups excluding carboxylic acids is 1. The lowest BCUT2D eigenvalue weighted by Crippen LogP contribution is -2.05. The first-order chi connectivity index (χ1) is 6.93. The number of hydrogen-bond donors (Lipinski definition) is 1. The number of carbonyl (C=O) groups is 2. The van der Waals surface area contributed by atoms with Gasteiger partial charge in [-0.05, 0) is 31.0 Å². The summed E-state index contributed by atoms with van der Waals surface area (Å²) in [5, 5.41) is 8.10. The van der Waals surface area contributed by atoms with Gasteiger partial charge in [0.1, 0.15) is 5.38 Å². The van der Waals surface area contributed by atoms with Gasteiger partial charge < -0.3 is 5.11 Å². The normalized spacial score (nSPS) is 12.2. The maximum atomic E-state index is 11.0. The molecule has 1 aromatic carbocycles. The molecule has 3 nitrogen and oxygen atoms in total.